The van der Waals surface area contributed by atoms with Crippen molar-refractivity contribution >= 4 is 23.6 Å². The van der Waals surface area contributed by atoms with E-state index in [0.717, 1.165) is 0 Å². The Morgan fingerprint density at radius 1 is 1.29 bits per heavy atom. The Labute approximate surface area is 141 Å². The maximum absolute atomic E-state index is 12.5. The number of piperidine rings is 1. The van der Waals surface area contributed by atoms with Gasteiger partial charge in [0, 0.05) is 31.6 Å². The molecule has 24 heavy (non-hydrogen) atoms. The molecule has 2 aliphatic rings. The number of esters is 1. The quantitative estimate of drug-likeness (QED) is 0.577. The minimum Gasteiger partial charge on any atom is -0.460 e. The first-order valence-electron chi connectivity index (χ1n) is 8.33. The smallest absolute Gasteiger partial charge is 0.303 e. The van der Waals surface area contributed by atoms with E-state index in [1.807, 2.05) is 0 Å². The average Bonchev–Trinajstić information content (AvgIpc) is 2.40. The van der Waals surface area contributed by atoms with Crippen LogP contribution in [0.25, 0.3) is 0 Å². The van der Waals surface area contributed by atoms with E-state index in [2.05, 4.69) is 5.32 Å². The van der Waals surface area contributed by atoms with Gasteiger partial charge in [-0.25, -0.2) is 0 Å². The van der Waals surface area contributed by atoms with Crippen LogP contribution < -0.4 is 5.32 Å². The molecule has 1 heterocycles. The highest BCUT2D eigenvalue weighted by molar-refractivity contribution is 5.97. The van der Waals surface area contributed by atoms with Gasteiger partial charge in [0.1, 0.15) is 11.4 Å². The van der Waals surface area contributed by atoms with Gasteiger partial charge in [-0.2, -0.15) is 0 Å². The lowest BCUT2D eigenvalue weighted by molar-refractivity contribution is -0.169. The second-order valence-corrected chi connectivity index (χ2v) is 7.41. The number of hydrogen-bond acceptors (Lipinski definition) is 6. The maximum atomic E-state index is 12.5. The molecule has 1 aliphatic heterocycles. The van der Waals surface area contributed by atoms with Gasteiger partial charge in [0.15, 0.2) is 0 Å². The summed E-state index contributed by atoms with van der Waals surface area (Å²) in [5, 5.41) is 12.8. The molecule has 0 radical (unpaired) electrons. The number of carbonyl (C=O) groups is 4. The zero-order chi connectivity index (χ0) is 18.1. The van der Waals surface area contributed by atoms with Gasteiger partial charge in [-0.05, 0) is 32.1 Å². The van der Waals surface area contributed by atoms with Gasteiger partial charge in [-0.1, -0.05) is 6.92 Å². The van der Waals surface area contributed by atoms with Crippen LogP contribution in [-0.4, -0.2) is 40.4 Å². The van der Waals surface area contributed by atoms with Crippen LogP contribution in [0.4, 0.5) is 0 Å². The van der Waals surface area contributed by atoms with Crippen LogP contribution in [0.5, 0.6) is 0 Å². The molecule has 1 saturated carbocycles. The number of hydrogen-bond donors (Lipinski definition) is 2. The van der Waals surface area contributed by atoms with E-state index >= 15 is 0 Å². The molecular weight excluding hydrogens is 314 g/mol. The van der Waals surface area contributed by atoms with Crippen molar-refractivity contribution in [3.8, 4) is 0 Å². The second-order valence-electron chi connectivity index (χ2n) is 7.41. The summed E-state index contributed by atoms with van der Waals surface area (Å²) in [5.74, 6) is -2.42. The summed E-state index contributed by atoms with van der Waals surface area (Å²) in [5.41, 5.74) is -0.787. The summed E-state index contributed by atoms with van der Waals surface area (Å²) in [4.78, 5) is 46.7. The van der Waals surface area contributed by atoms with Gasteiger partial charge >= 0.3 is 5.97 Å². The van der Waals surface area contributed by atoms with Crippen LogP contribution in [0.2, 0.25) is 0 Å². The van der Waals surface area contributed by atoms with E-state index in [-0.39, 0.29) is 55.1 Å². The third kappa shape index (κ3) is 4.41. The van der Waals surface area contributed by atoms with Crippen molar-refractivity contribution < 1.29 is 29.0 Å². The highest BCUT2D eigenvalue weighted by Crippen LogP contribution is 2.39. The van der Waals surface area contributed by atoms with Crippen molar-refractivity contribution in [2.24, 2.45) is 17.8 Å². The predicted octanol–water partition coefficient (Wildman–Crippen LogP) is 0.727. The van der Waals surface area contributed by atoms with Crippen LogP contribution >= 0.6 is 0 Å². The monoisotopic (exact) mass is 339 g/mol. The van der Waals surface area contributed by atoms with Crippen molar-refractivity contribution in [2.75, 3.05) is 0 Å². The number of ketones is 1. The molecule has 1 unspecified atom stereocenters. The summed E-state index contributed by atoms with van der Waals surface area (Å²) in [6, 6.07) is 0. The molecule has 1 saturated heterocycles. The summed E-state index contributed by atoms with van der Waals surface area (Å²) in [6.45, 7) is 4.86. The molecule has 0 aromatic carbocycles. The van der Waals surface area contributed by atoms with Crippen LogP contribution in [0.15, 0.2) is 0 Å². The number of imide groups is 1. The molecular formula is C17H25NO6. The molecule has 4 atom stereocenters. The lowest BCUT2D eigenvalue weighted by atomic mass is 9.69. The summed E-state index contributed by atoms with van der Waals surface area (Å²) >= 11 is 0. The molecule has 2 fully saturated rings. The Hall–Kier alpha value is -1.76. The zero-order valence-corrected chi connectivity index (χ0v) is 14.3. The number of aliphatic hydroxyl groups is 1. The minimum atomic E-state index is -0.959. The van der Waals surface area contributed by atoms with E-state index in [0.29, 0.717) is 6.42 Å². The first-order valence-corrected chi connectivity index (χ1v) is 8.33. The fraction of sp³-hybridized carbons (Fsp3) is 0.765. The van der Waals surface area contributed by atoms with E-state index in [4.69, 9.17) is 4.74 Å². The molecule has 7 heteroatoms. The van der Waals surface area contributed by atoms with Crippen molar-refractivity contribution in [1.29, 1.82) is 0 Å². The standard InChI is InChI=1S/C17H25NO6/c1-9-7-17(3,24-10(2)19)8-12(16(9)23)13(20)4-11-5-14(21)18-15(22)6-11/h9,11-13,20H,4-8H2,1-3H3,(H,18,21,22)/t9-,12-,13?,17+/m0/s1. The lowest BCUT2D eigenvalue weighted by Gasteiger charge is -2.41. The highest BCUT2D eigenvalue weighted by atomic mass is 16.6. The number of nitrogens with one attached hydrogen (secondary N) is 1. The van der Waals surface area contributed by atoms with E-state index in [9.17, 15) is 24.3 Å². The Kier molecular flexibility index (Phi) is 5.42. The number of aliphatic hydroxyl groups excluding tert-OH is 1. The van der Waals surface area contributed by atoms with Gasteiger partial charge in [-0.3, -0.25) is 24.5 Å². The summed E-state index contributed by atoms with van der Waals surface area (Å²) < 4.78 is 5.38. The van der Waals surface area contributed by atoms with Crippen molar-refractivity contribution in [3.05, 3.63) is 0 Å². The average molecular weight is 339 g/mol. The van der Waals surface area contributed by atoms with Gasteiger partial charge in [-0.15, -0.1) is 0 Å². The molecule has 0 spiro atoms. The predicted molar refractivity (Wildman–Crippen MR) is 83.6 cm³/mol. The third-order valence-electron chi connectivity index (χ3n) is 4.90. The van der Waals surface area contributed by atoms with Crippen molar-refractivity contribution in [1.82, 2.24) is 5.32 Å². The number of amides is 2. The Morgan fingerprint density at radius 3 is 2.42 bits per heavy atom. The maximum Gasteiger partial charge on any atom is 0.303 e. The zero-order valence-electron chi connectivity index (χ0n) is 14.3. The van der Waals surface area contributed by atoms with Crippen LogP contribution in [-0.2, 0) is 23.9 Å². The van der Waals surface area contributed by atoms with Crippen molar-refractivity contribution in [3.63, 3.8) is 0 Å². The second kappa shape index (κ2) is 7.01. The molecule has 0 aromatic rings. The van der Waals surface area contributed by atoms with Gasteiger partial charge in [0.2, 0.25) is 11.8 Å². The van der Waals surface area contributed by atoms with Crippen LogP contribution in [0.3, 0.4) is 0 Å². The highest BCUT2D eigenvalue weighted by Gasteiger charge is 2.46. The largest absolute Gasteiger partial charge is 0.460 e. The van der Waals surface area contributed by atoms with Crippen LogP contribution in [0.1, 0.15) is 52.9 Å². The molecule has 2 rings (SSSR count). The Bertz CT molecular complexity index is 543. The molecule has 7 nitrogen and oxygen atoms in total. The Morgan fingerprint density at radius 2 is 1.88 bits per heavy atom. The third-order valence-corrected chi connectivity index (χ3v) is 4.90. The topological polar surface area (TPSA) is 110 Å². The van der Waals surface area contributed by atoms with Crippen LogP contribution in [0, 0.1) is 17.8 Å². The molecule has 0 bridgehead atoms. The fourth-order valence-corrected chi connectivity index (χ4v) is 4.05. The van der Waals surface area contributed by atoms with E-state index < -0.39 is 23.6 Å². The normalized spacial score (nSPS) is 33.1. The molecule has 2 amide bonds. The first-order chi connectivity index (χ1) is 11.1. The first kappa shape index (κ1) is 18.6. The summed E-state index contributed by atoms with van der Waals surface area (Å²) in [7, 11) is 0. The SMILES string of the molecule is CC(=O)O[C@@]1(C)C[C@@H](C(O)CC2CC(=O)NC(=O)C2)C(=O)[C@@H](C)C1. The molecule has 134 valence electrons. The number of carbonyl (C=O) groups excluding carboxylic acids is 4. The van der Waals surface area contributed by atoms with E-state index in [1.165, 1.54) is 6.92 Å². The van der Waals surface area contributed by atoms with Crippen molar-refractivity contribution in [2.45, 2.75) is 64.6 Å². The minimum absolute atomic E-state index is 0.0567. The Balaban J connectivity index is 2.07. The molecule has 0 aromatic heterocycles. The number of ether oxygens (including phenoxy) is 1. The van der Waals surface area contributed by atoms with E-state index in [1.54, 1.807) is 13.8 Å². The fourth-order valence-electron chi connectivity index (χ4n) is 4.05. The molecule has 2 N–H and O–H groups in total. The molecule has 1 aliphatic carbocycles. The number of Topliss-reactive ketones (excluding diaryl/α,β-unsaturated/α-hetero) is 1. The van der Waals surface area contributed by atoms with Gasteiger partial charge < -0.3 is 9.84 Å². The number of rotatable bonds is 4. The van der Waals surface area contributed by atoms with Gasteiger partial charge in [0.05, 0.1) is 6.10 Å². The summed E-state index contributed by atoms with van der Waals surface area (Å²) in [6.07, 6.45) is 0.265. The van der Waals surface area contributed by atoms with Gasteiger partial charge in [0.25, 0.3) is 0 Å². The lowest BCUT2D eigenvalue weighted by Crippen LogP contribution is -2.49.